The van der Waals surface area contributed by atoms with Crippen LogP contribution in [0.4, 0.5) is 5.69 Å². The van der Waals surface area contributed by atoms with Gasteiger partial charge in [-0.3, -0.25) is 14.2 Å². The van der Waals surface area contributed by atoms with Gasteiger partial charge in [0.15, 0.2) is 0 Å². The molecule has 1 aromatic carbocycles. The van der Waals surface area contributed by atoms with Crippen molar-refractivity contribution < 1.29 is 13.2 Å². The van der Waals surface area contributed by atoms with Crippen molar-refractivity contribution in [1.82, 2.24) is 14.7 Å². The number of benzene rings is 1. The molecule has 0 unspecified atom stereocenters. The highest BCUT2D eigenvalue weighted by Crippen LogP contribution is 2.23. The highest BCUT2D eigenvalue weighted by atomic mass is 32.2. The maximum Gasteiger partial charge on any atom is 0.271 e. The van der Waals surface area contributed by atoms with Crippen molar-refractivity contribution in [3.8, 4) is 0 Å². The molecule has 9 heteroatoms. The molecule has 2 aromatic heterocycles. The second kappa shape index (κ2) is 7.53. The van der Waals surface area contributed by atoms with E-state index >= 15 is 0 Å². The first-order valence-electron chi connectivity index (χ1n) is 8.20. The third-order valence-electron chi connectivity index (χ3n) is 4.25. The number of amides is 1. The van der Waals surface area contributed by atoms with E-state index in [9.17, 15) is 13.2 Å². The van der Waals surface area contributed by atoms with Gasteiger partial charge >= 0.3 is 0 Å². The largest absolute Gasteiger partial charge is 0.335 e. The number of anilines is 1. The average Bonchev–Trinajstić information content (AvgIpc) is 3.32. The SMILES string of the molecule is C[C@H](c1cnn(C)c1)N(C)C(=O)c1ccc(NS(=O)(=O)c2cccs2)cc1. The first-order valence-corrected chi connectivity index (χ1v) is 10.6. The highest BCUT2D eigenvalue weighted by molar-refractivity contribution is 7.94. The summed E-state index contributed by atoms with van der Waals surface area (Å²) in [6, 6.07) is 9.48. The third-order valence-corrected chi connectivity index (χ3v) is 7.03. The van der Waals surface area contributed by atoms with Gasteiger partial charge in [-0.05, 0) is 42.6 Å². The van der Waals surface area contributed by atoms with Crippen LogP contribution in [-0.2, 0) is 17.1 Å². The van der Waals surface area contributed by atoms with Gasteiger partial charge in [-0.25, -0.2) is 8.42 Å². The van der Waals surface area contributed by atoms with Gasteiger partial charge in [-0.2, -0.15) is 5.10 Å². The Morgan fingerprint density at radius 1 is 1.26 bits per heavy atom. The van der Waals surface area contributed by atoms with E-state index in [2.05, 4.69) is 9.82 Å². The van der Waals surface area contributed by atoms with Crippen molar-refractivity contribution >= 4 is 33.0 Å². The number of carbonyl (C=O) groups excluding carboxylic acids is 1. The number of aryl methyl sites for hydroxylation is 1. The molecule has 0 radical (unpaired) electrons. The molecular weight excluding hydrogens is 384 g/mol. The number of nitrogens with zero attached hydrogens (tertiary/aromatic N) is 3. The molecule has 0 aliphatic rings. The average molecular weight is 405 g/mol. The van der Waals surface area contributed by atoms with E-state index in [1.54, 1.807) is 64.6 Å². The number of carbonyl (C=O) groups is 1. The molecule has 0 saturated carbocycles. The molecule has 7 nitrogen and oxygen atoms in total. The number of aromatic nitrogens is 2. The van der Waals surface area contributed by atoms with E-state index in [0.29, 0.717) is 11.3 Å². The minimum atomic E-state index is -3.60. The quantitative estimate of drug-likeness (QED) is 0.684. The van der Waals surface area contributed by atoms with Crippen molar-refractivity contribution in [2.45, 2.75) is 17.2 Å². The van der Waals surface area contributed by atoms with Crippen LogP contribution in [0, 0.1) is 0 Å². The highest BCUT2D eigenvalue weighted by Gasteiger charge is 2.20. The maximum atomic E-state index is 12.7. The number of hydrogen-bond donors (Lipinski definition) is 1. The lowest BCUT2D eigenvalue weighted by Gasteiger charge is -2.24. The van der Waals surface area contributed by atoms with Crippen LogP contribution in [-0.4, -0.2) is 36.1 Å². The first kappa shape index (κ1) is 19.1. The van der Waals surface area contributed by atoms with Crippen LogP contribution in [0.1, 0.15) is 28.9 Å². The van der Waals surface area contributed by atoms with Gasteiger partial charge in [-0.1, -0.05) is 6.07 Å². The van der Waals surface area contributed by atoms with Crippen LogP contribution < -0.4 is 4.72 Å². The van der Waals surface area contributed by atoms with Gasteiger partial charge in [-0.15, -0.1) is 11.3 Å². The molecule has 0 bridgehead atoms. The minimum absolute atomic E-state index is 0.136. The van der Waals surface area contributed by atoms with Crippen molar-refractivity contribution in [2.24, 2.45) is 7.05 Å². The fourth-order valence-electron chi connectivity index (χ4n) is 2.56. The zero-order valence-electron chi connectivity index (χ0n) is 15.2. The second-order valence-corrected chi connectivity index (χ2v) is 9.01. The molecule has 27 heavy (non-hydrogen) atoms. The molecule has 1 amide bonds. The standard InChI is InChI=1S/C18H20N4O3S2/c1-13(15-11-19-21(2)12-15)22(3)18(23)14-6-8-16(9-7-14)20-27(24,25)17-5-4-10-26-17/h4-13,20H,1-3H3/t13-/m1/s1. The Morgan fingerprint density at radius 2 is 1.96 bits per heavy atom. The lowest BCUT2D eigenvalue weighted by Crippen LogP contribution is -2.29. The van der Waals surface area contributed by atoms with Gasteiger partial charge < -0.3 is 4.90 Å². The van der Waals surface area contributed by atoms with Crippen molar-refractivity contribution in [1.29, 1.82) is 0 Å². The van der Waals surface area contributed by atoms with E-state index in [1.807, 2.05) is 20.2 Å². The Labute approximate surface area is 162 Å². The van der Waals surface area contributed by atoms with Gasteiger partial charge in [0.2, 0.25) is 0 Å². The Bertz CT molecular complexity index is 1030. The van der Waals surface area contributed by atoms with E-state index < -0.39 is 10.0 Å². The van der Waals surface area contributed by atoms with Gasteiger partial charge in [0.25, 0.3) is 15.9 Å². The first-order chi connectivity index (χ1) is 12.8. The molecule has 2 heterocycles. The zero-order valence-corrected chi connectivity index (χ0v) is 16.8. The van der Waals surface area contributed by atoms with E-state index in [0.717, 1.165) is 16.9 Å². The number of sulfonamides is 1. The van der Waals surface area contributed by atoms with Crippen LogP contribution in [0.5, 0.6) is 0 Å². The van der Waals surface area contributed by atoms with Crippen LogP contribution in [0.25, 0.3) is 0 Å². The number of hydrogen-bond acceptors (Lipinski definition) is 5. The molecule has 142 valence electrons. The summed E-state index contributed by atoms with van der Waals surface area (Å²) in [6.45, 7) is 1.93. The Hall–Kier alpha value is -2.65. The predicted octanol–water partition coefficient (Wildman–Crippen LogP) is 3.12. The van der Waals surface area contributed by atoms with E-state index in [1.165, 1.54) is 0 Å². The molecule has 0 saturated heterocycles. The fraction of sp³-hybridized carbons (Fsp3) is 0.222. The number of rotatable bonds is 6. The molecule has 1 atom stereocenters. The number of nitrogens with one attached hydrogen (secondary N) is 1. The predicted molar refractivity (Wildman–Crippen MR) is 105 cm³/mol. The second-order valence-electron chi connectivity index (χ2n) is 6.15. The minimum Gasteiger partial charge on any atom is -0.335 e. The van der Waals surface area contributed by atoms with E-state index in [-0.39, 0.29) is 16.2 Å². The molecule has 0 fully saturated rings. The zero-order chi connectivity index (χ0) is 19.6. The topological polar surface area (TPSA) is 84.3 Å². The lowest BCUT2D eigenvalue weighted by atomic mass is 10.1. The van der Waals surface area contributed by atoms with Gasteiger partial charge in [0.05, 0.1) is 12.2 Å². The molecule has 3 rings (SSSR count). The smallest absolute Gasteiger partial charge is 0.271 e. The Kier molecular flexibility index (Phi) is 5.33. The Morgan fingerprint density at radius 3 is 2.52 bits per heavy atom. The summed E-state index contributed by atoms with van der Waals surface area (Å²) in [4.78, 5) is 14.3. The molecular formula is C18H20N4O3S2. The molecule has 0 aliphatic carbocycles. The van der Waals surface area contributed by atoms with E-state index in [4.69, 9.17) is 0 Å². The fourth-order valence-corrected chi connectivity index (χ4v) is 4.61. The van der Waals surface area contributed by atoms with Crippen LogP contribution in [0.2, 0.25) is 0 Å². The Balaban J connectivity index is 1.72. The van der Waals surface area contributed by atoms with Crippen molar-refractivity contribution in [3.05, 3.63) is 65.3 Å². The third kappa shape index (κ3) is 4.20. The summed E-state index contributed by atoms with van der Waals surface area (Å²) in [5.74, 6) is -0.154. The maximum absolute atomic E-state index is 12.7. The normalized spacial score (nSPS) is 12.6. The number of thiophene rings is 1. The summed E-state index contributed by atoms with van der Waals surface area (Å²) in [5, 5.41) is 5.84. The molecule has 3 aromatic rings. The molecule has 1 N–H and O–H groups in total. The van der Waals surface area contributed by atoms with Crippen molar-refractivity contribution in [2.75, 3.05) is 11.8 Å². The van der Waals surface area contributed by atoms with Crippen LogP contribution in [0.3, 0.4) is 0 Å². The summed E-state index contributed by atoms with van der Waals surface area (Å²) in [7, 11) is -0.0457. The van der Waals surface area contributed by atoms with Crippen molar-refractivity contribution in [3.63, 3.8) is 0 Å². The van der Waals surface area contributed by atoms with Crippen LogP contribution in [0.15, 0.2) is 58.4 Å². The molecule has 0 spiro atoms. The van der Waals surface area contributed by atoms with Crippen LogP contribution >= 0.6 is 11.3 Å². The summed E-state index contributed by atoms with van der Waals surface area (Å²) in [6.07, 6.45) is 3.60. The molecule has 0 aliphatic heterocycles. The summed E-state index contributed by atoms with van der Waals surface area (Å²) in [5.41, 5.74) is 1.82. The van der Waals surface area contributed by atoms with Gasteiger partial charge in [0, 0.05) is 37.1 Å². The monoisotopic (exact) mass is 404 g/mol. The summed E-state index contributed by atoms with van der Waals surface area (Å²) < 4.78 is 29.0. The lowest BCUT2D eigenvalue weighted by molar-refractivity contribution is 0.0742. The summed E-state index contributed by atoms with van der Waals surface area (Å²) >= 11 is 1.15. The van der Waals surface area contributed by atoms with Gasteiger partial charge in [0.1, 0.15) is 4.21 Å².